The van der Waals surface area contributed by atoms with E-state index in [0.717, 1.165) is 6.42 Å². The topological polar surface area (TPSA) is 26.3 Å². The number of hydrogen-bond donors (Lipinski definition) is 0. The van der Waals surface area contributed by atoms with E-state index < -0.39 is 0 Å². The van der Waals surface area contributed by atoms with Crippen molar-refractivity contribution in [2.75, 3.05) is 6.61 Å². The van der Waals surface area contributed by atoms with E-state index in [-0.39, 0.29) is 16.8 Å². The van der Waals surface area contributed by atoms with E-state index in [2.05, 4.69) is 20.4 Å². The van der Waals surface area contributed by atoms with Gasteiger partial charge in [-0.3, -0.25) is 4.79 Å². The summed E-state index contributed by atoms with van der Waals surface area (Å²) in [5, 5.41) is 0. The molecule has 1 aliphatic heterocycles. The van der Waals surface area contributed by atoms with Crippen molar-refractivity contribution in [3.63, 3.8) is 0 Å². The van der Waals surface area contributed by atoms with Gasteiger partial charge in [0.05, 0.1) is 5.41 Å². The van der Waals surface area contributed by atoms with Crippen molar-refractivity contribution in [2.45, 2.75) is 27.2 Å². The highest BCUT2D eigenvalue weighted by atomic mass is 16.5. The Morgan fingerprint density at radius 1 is 1.46 bits per heavy atom. The van der Waals surface area contributed by atoms with E-state index in [9.17, 15) is 4.79 Å². The first kappa shape index (κ1) is 8.79. The second-order valence-electron chi connectivity index (χ2n) is 4.87. The smallest absolute Gasteiger partial charge is 0.312 e. The van der Waals surface area contributed by atoms with Gasteiger partial charge in [-0.05, 0) is 19.3 Å². The van der Waals surface area contributed by atoms with Gasteiger partial charge >= 0.3 is 5.97 Å². The molecule has 1 saturated heterocycles. The van der Waals surface area contributed by atoms with Crippen molar-refractivity contribution >= 4 is 5.97 Å². The Hall–Kier alpha value is -0.790. The van der Waals surface area contributed by atoms with Gasteiger partial charge in [0, 0.05) is 5.41 Å². The number of esters is 1. The average molecular weight is 180 g/mol. The monoisotopic (exact) mass is 180 g/mol. The van der Waals surface area contributed by atoms with Crippen LogP contribution in [0.4, 0.5) is 0 Å². The minimum Gasteiger partial charge on any atom is -0.464 e. The van der Waals surface area contributed by atoms with Crippen molar-refractivity contribution in [3.05, 3.63) is 12.2 Å². The van der Waals surface area contributed by atoms with Crippen LogP contribution in [0, 0.1) is 16.7 Å². The maximum atomic E-state index is 11.6. The summed E-state index contributed by atoms with van der Waals surface area (Å²) in [5.41, 5.74) is 0.744. The zero-order valence-electron chi connectivity index (χ0n) is 8.52. The van der Waals surface area contributed by atoms with Gasteiger partial charge in [0.1, 0.15) is 6.61 Å². The Labute approximate surface area is 79.0 Å². The van der Waals surface area contributed by atoms with Gasteiger partial charge in [0.25, 0.3) is 0 Å². The summed E-state index contributed by atoms with van der Waals surface area (Å²) in [5.74, 6) is 0.406. The molecule has 0 amide bonds. The number of ether oxygens (including phenoxy) is 1. The number of cyclic esters (lactones) is 1. The Kier molecular flexibility index (Phi) is 1.47. The summed E-state index contributed by atoms with van der Waals surface area (Å²) < 4.78 is 5.14. The fourth-order valence-electron chi connectivity index (χ4n) is 2.79. The minimum atomic E-state index is -0.316. The highest BCUT2D eigenvalue weighted by Crippen LogP contribution is 2.61. The molecule has 0 aromatic heterocycles. The molecule has 0 spiro atoms. The standard InChI is InChI=1S/C11H16O2/c1-7-5-10(3)9(12)13-6-11(10,4)8(7)2/h7H,2,5-6H2,1,3-4H3/t7?,10-,11-/m0/s1. The molecule has 1 heterocycles. The molecule has 0 bridgehead atoms. The molecule has 2 heteroatoms. The fraction of sp³-hybridized carbons (Fsp3) is 0.727. The lowest BCUT2D eigenvalue weighted by Crippen LogP contribution is -2.33. The van der Waals surface area contributed by atoms with Crippen LogP contribution in [0.15, 0.2) is 12.2 Å². The lowest BCUT2D eigenvalue weighted by atomic mass is 9.69. The quantitative estimate of drug-likeness (QED) is 0.422. The van der Waals surface area contributed by atoms with Gasteiger partial charge in [-0.2, -0.15) is 0 Å². The number of fused-ring (bicyclic) bond motifs is 1. The van der Waals surface area contributed by atoms with Crippen LogP contribution in [0.25, 0.3) is 0 Å². The molecule has 2 nitrogen and oxygen atoms in total. The average Bonchev–Trinajstić information content (AvgIpc) is 2.38. The maximum Gasteiger partial charge on any atom is 0.312 e. The van der Waals surface area contributed by atoms with Gasteiger partial charge in [-0.15, -0.1) is 0 Å². The molecule has 2 rings (SSSR count). The zero-order chi connectivity index (χ0) is 9.85. The van der Waals surface area contributed by atoms with Crippen LogP contribution in [0.3, 0.4) is 0 Å². The third kappa shape index (κ3) is 0.767. The summed E-state index contributed by atoms with van der Waals surface area (Å²) in [6.45, 7) is 10.9. The van der Waals surface area contributed by atoms with Crippen LogP contribution in [0.1, 0.15) is 27.2 Å². The third-order valence-corrected chi connectivity index (χ3v) is 4.18. The summed E-state index contributed by atoms with van der Waals surface area (Å²) in [6.07, 6.45) is 0.890. The van der Waals surface area contributed by atoms with Gasteiger partial charge in [0.2, 0.25) is 0 Å². The molecule has 2 fully saturated rings. The molecule has 3 atom stereocenters. The molecule has 1 aliphatic carbocycles. The molecule has 0 N–H and O–H groups in total. The Morgan fingerprint density at radius 3 is 2.62 bits per heavy atom. The van der Waals surface area contributed by atoms with Crippen molar-refractivity contribution in [2.24, 2.45) is 16.7 Å². The zero-order valence-corrected chi connectivity index (χ0v) is 8.52. The summed E-state index contributed by atoms with van der Waals surface area (Å²) in [6, 6.07) is 0. The van der Waals surface area contributed by atoms with E-state index in [1.54, 1.807) is 0 Å². The second-order valence-corrected chi connectivity index (χ2v) is 4.87. The van der Waals surface area contributed by atoms with Crippen molar-refractivity contribution in [3.8, 4) is 0 Å². The highest BCUT2D eigenvalue weighted by molar-refractivity contribution is 5.81. The molecular weight excluding hydrogens is 164 g/mol. The minimum absolute atomic E-state index is 0.0412. The Bertz CT molecular complexity index is 292. The Balaban J connectivity index is 2.51. The predicted octanol–water partition coefficient (Wildman–Crippen LogP) is 2.15. The van der Waals surface area contributed by atoms with Crippen LogP contribution >= 0.6 is 0 Å². The van der Waals surface area contributed by atoms with Crippen molar-refractivity contribution < 1.29 is 9.53 Å². The first-order valence-electron chi connectivity index (χ1n) is 4.78. The van der Waals surface area contributed by atoms with E-state index in [1.165, 1.54) is 5.57 Å². The number of carbonyl (C=O) groups excluding carboxylic acids is 1. The molecule has 2 aliphatic rings. The number of hydrogen-bond acceptors (Lipinski definition) is 2. The van der Waals surface area contributed by atoms with E-state index in [4.69, 9.17) is 4.74 Å². The van der Waals surface area contributed by atoms with Gasteiger partial charge in [-0.1, -0.05) is 26.0 Å². The fourth-order valence-corrected chi connectivity index (χ4v) is 2.79. The summed E-state index contributed by atoms with van der Waals surface area (Å²) >= 11 is 0. The summed E-state index contributed by atoms with van der Waals surface area (Å²) in [4.78, 5) is 11.6. The third-order valence-electron chi connectivity index (χ3n) is 4.18. The second kappa shape index (κ2) is 2.17. The van der Waals surface area contributed by atoms with Gasteiger partial charge in [0.15, 0.2) is 0 Å². The van der Waals surface area contributed by atoms with Crippen molar-refractivity contribution in [1.29, 1.82) is 0 Å². The van der Waals surface area contributed by atoms with Crippen LogP contribution in [-0.4, -0.2) is 12.6 Å². The van der Waals surface area contributed by atoms with E-state index in [0.29, 0.717) is 12.5 Å². The maximum absolute atomic E-state index is 11.6. The molecular formula is C11H16O2. The predicted molar refractivity (Wildman–Crippen MR) is 50.1 cm³/mol. The van der Waals surface area contributed by atoms with E-state index >= 15 is 0 Å². The van der Waals surface area contributed by atoms with Crippen LogP contribution in [0.2, 0.25) is 0 Å². The van der Waals surface area contributed by atoms with Crippen molar-refractivity contribution in [1.82, 2.24) is 0 Å². The van der Waals surface area contributed by atoms with Gasteiger partial charge in [-0.25, -0.2) is 0 Å². The molecule has 1 unspecified atom stereocenters. The molecule has 72 valence electrons. The van der Waals surface area contributed by atoms with E-state index in [1.807, 2.05) is 6.92 Å². The van der Waals surface area contributed by atoms with Crippen LogP contribution in [-0.2, 0) is 9.53 Å². The molecule has 13 heavy (non-hydrogen) atoms. The Morgan fingerprint density at radius 2 is 2.08 bits per heavy atom. The number of rotatable bonds is 0. The van der Waals surface area contributed by atoms with Crippen LogP contribution < -0.4 is 0 Å². The largest absolute Gasteiger partial charge is 0.464 e. The lowest BCUT2D eigenvalue weighted by molar-refractivity contribution is -0.146. The normalized spacial score (nSPS) is 49.3. The van der Waals surface area contributed by atoms with Crippen LogP contribution in [0.5, 0.6) is 0 Å². The lowest BCUT2D eigenvalue weighted by Gasteiger charge is -2.29. The molecule has 0 radical (unpaired) electrons. The molecule has 1 saturated carbocycles. The molecule has 0 aromatic rings. The molecule has 0 aromatic carbocycles. The first-order valence-corrected chi connectivity index (χ1v) is 4.78. The highest BCUT2D eigenvalue weighted by Gasteiger charge is 2.63. The number of carbonyl (C=O) groups is 1. The summed E-state index contributed by atoms with van der Waals surface area (Å²) in [7, 11) is 0. The first-order chi connectivity index (χ1) is 5.92. The SMILES string of the molecule is C=C1C(C)C[C@@]2(C)C(=O)OC[C@@]12C. The van der Waals surface area contributed by atoms with Gasteiger partial charge < -0.3 is 4.74 Å².